The van der Waals surface area contributed by atoms with Gasteiger partial charge in [0.25, 0.3) is 0 Å². The Kier molecular flexibility index (Phi) is 3.49. The predicted molar refractivity (Wildman–Crippen MR) is 98.1 cm³/mol. The monoisotopic (exact) mass is 341 g/mol. The molecule has 124 valence electrons. The number of benzene rings is 2. The number of methoxy groups -OCH3 is 1. The lowest BCUT2D eigenvalue weighted by Crippen LogP contribution is -2.08. The van der Waals surface area contributed by atoms with Crippen LogP contribution in [0.4, 0.5) is 11.5 Å². The number of anilines is 2. The Morgan fingerprint density at radius 2 is 2.08 bits per heavy atom. The van der Waals surface area contributed by atoms with Crippen LogP contribution in [0.1, 0.15) is 5.56 Å². The summed E-state index contributed by atoms with van der Waals surface area (Å²) < 4.78 is 18.0. The summed E-state index contributed by atoms with van der Waals surface area (Å²) in [5, 5.41) is 4.33. The van der Waals surface area contributed by atoms with Gasteiger partial charge in [-0.3, -0.25) is 4.21 Å². The molecule has 1 N–H and O–H groups in total. The van der Waals surface area contributed by atoms with Crippen molar-refractivity contribution in [1.29, 1.82) is 0 Å². The Morgan fingerprint density at radius 3 is 2.92 bits per heavy atom. The minimum absolute atomic E-state index is 0.717. The quantitative estimate of drug-likeness (QED) is 0.717. The highest BCUT2D eigenvalue weighted by Crippen LogP contribution is 2.37. The summed E-state index contributed by atoms with van der Waals surface area (Å²) in [6.07, 6.45) is 4.22. The maximum Gasteiger partial charge on any atom is 0.142 e. The predicted octanol–water partition coefficient (Wildman–Crippen LogP) is 2.94. The van der Waals surface area contributed by atoms with Gasteiger partial charge in [-0.1, -0.05) is 16.0 Å². The maximum absolute atomic E-state index is 12.8. The van der Waals surface area contributed by atoms with Crippen molar-refractivity contribution in [2.24, 2.45) is 0 Å². The van der Waals surface area contributed by atoms with Crippen molar-refractivity contribution in [2.75, 3.05) is 24.4 Å². The molecule has 1 aromatic heterocycles. The van der Waals surface area contributed by atoms with E-state index in [2.05, 4.69) is 15.3 Å². The van der Waals surface area contributed by atoms with Crippen molar-refractivity contribution in [3.8, 4) is 5.75 Å². The second-order valence-electron chi connectivity index (χ2n) is 6.11. The van der Waals surface area contributed by atoms with Crippen LogP contribution in [0.15, 0.2) is 47.6 Å². The second kappa shape index (κ2) is 5.56. The molecule has 24 heavy (non-hydrogen) atoms. The molecule has 2 aromatic carbocycles. The van der Waals surface area contributed by atoms with Gasteiger partial charge in [0.15, 0.2) is 0 Å². The van der Waals surface area contributed by atoms with E-state index in [9.17, 15) is 4.21 Å². The fourth-order valence-corrected chi connectivity index (χ4v) is 5.36. The summed E-state index contributed by atoms with van der Waals surface area (Å²) in [5.74, 6) is 2.24. The summed E-state index contributed by atoms with van der Waals surface area (Å²) in [6, 6.07) is 11.6. The largest absolute Gasteiger partial charge is 0.497 e. The van der Waals surface area contributed by atoms with E-state index in [-0.39, 0.29) is 0 Å². The van der Waals surface area contributed by atoms with Crippen molar-refractivity contribution in [3.63, 3.8) is 0 Å². The highest BCUT2D eigenvalue weighted by atomic mass is 32.2. The molecular formula is C18H19N3O2S. The fraction of sp³-hybridized carbons (Fsp3) is 0.222. The van der Waals surface area contributed by atoms with Gasteiger partial charge in [-0.15, -0.1) is 0 Å². The van der Waals surface area contributed by atoms with Crippen molar-refractivity contribution >= 4 is 32.3 Å². The first kappa shape index (κ1) is 15.1. The standard InChI is InChI=1S/C18H19N3O2S/c1-23-13-5-3-4-12(10-13)21-18-17-14-8-9-24(2,22)16(14)7-6-15(17)19-11-20-18/h3-7,10-11,24H,8-9H2,1-2H3,(H,19,20,21). The molecule has 2 heterocycles. The van der Waals surface area contributed by atoms with Crippen LogP contribution >= 0.6 is 0 Å². The number of hydrogen-bond donors (Lipinski definition) is 2. The van der Waals surface area contributed by atoms with Crippen LogP contribution in [0.2, 0.25) is 0 Å². The average molecular weight is 341 g/mol. The number of rotatable bonds is 3. The van der Waals surface area contributed by atoms with E-state index in [0.29, 0.717) is 0 Å². The summed E-state index contributed by atoms with van der Waals surface area (Å²) >= 11 is 0. The molecule has 0 aliphatic carbocycles. The zero-order valence-corrected chi connectivity index (χ0v) is 14.5. The molecule has 0 spiro atoms. The van der Waals surface area contributed by atoms with Crippen molar-refractivity contribution in [2.45, 2.75) is 11.3 Å². The van der Waals surface area contributed by atoms with Crippen molar-refractivity contribution in [1.82, 2.24) is 9.97 Å². The first-order valence-electron chi connectivity index (χ1n) is 7.83. The molecule has 0 unspecified atom stereocenters. The molecule has 1 aliphatic heterocycles. The van der Waals surface area contributed by atoms with Gasteiger partial charge in [-0.2, -0.15) is 0 Å². The average Bonchev–Trinajstić information content (AvgIpc) is 2.90. The highest BCUT2D eigenvalue weighted by Gasteiger charge is 2.27. The molecule has 0 fully saturated rings. The van der Waals surface area contributed by atoms with Gasteiger partial charge in [-0.25, -0.2) is 9.97 Å². The third-order valence-electron chi connectivity index (χ3n) is 4.52. The first-order valence-corrected chi connectivity index (χ1v) is 10.2. The molecule has 4 rings (SSSR count). The zero-order chi connectivity index (χ0) is 16.7. The van der Waals surface area contributed by atoms with E-state index in [0.717, 1.165) is 50.8 Å². The summed E-state index contributed by atoms with van der Waals surface area (Å²) in [7, 11) is -0.612. The van der Waals surface area contributed by atoms with Gasteiger partial charge in [-0.05, 0) is 42.5 Å². The molecule has 0 saturated heterocycles. The zero-order valence-electron chi connectivity index (χ0n) is 13.6. The molecule has 3 aromatic rings. The molecule has 5 nitrogen and oxygen atoms in total. The number of ether oxygens (including phenoxy) is 1. The lowest BCUT2D eigenvalue weighted by Gasteiger charge is -2.14. The highest BCUT2D eigenvalue weighted by molar-refractivity contribution is 8.02. The normalized spacial score (nSPS) is 16.6. The summed E-state index contributed by atoms with van der Waals surface area (Å²) in [4.78, 5) is 9.78. The number of nitrogens with zero attached hydrogens (tertiary/aromatic N) is 2. The number of aromatic nitrogens is 2. The molecule has 0 atom stereocenters. The lowest BCUT2D eigenvalue weighted by molar-refractivity contribution is 0.415. The number of thiol groups is 1. The Morgan fingerprint density at radius 1 is 1.21 bits per heavy atom. The van der Waals surface area contributed by atoms with Crippen LogP contribution in [-0.2, 0) is 16.4 Å². The number of hydrogen-bond acceptors (Lipinski definition) is 5. The Bertz CT molecular complexity index is 987. The third kappa shape index (κ3) is 2.43. The number of nitrogens with one attached hydrogen (secondary N) is 1. The molecule has 0 amide bonds. The van der Waals surface area contributed by atoms with Gasteiger partial charge in [0.2, 0.25) is 0 Å². The Hall–Kier alpha value is -2.47. The second-order valence-corrected chi connectivity index (χ2v) is 9.24. The first-order chi connectivity index (χ1) is 11.6. The van der Waals surface area contributed by atoms with E-state index >= 15 is 0 Å². The molecule has 0 radical (unpaired) electrons. The van der Waals surface area contributed by atoms with Crippen molar-refractivity contribution < 1.29 is 8.95 Å². The van der Waals surface area contributed by atoms with Gasteiger partial charge >= 0.3 is 0 Å². The number of aryl methyl sites for hydroxylation is 1. The van der Waals surface area contributed by atoms with Crippen LogP contribution < -0.4 is 10.1 Å². The van der Waals surface area contributed by atoms with Crippen LogP contribution in [0, 0.1) is 0 Å². The van der Waals surface area contributed by atoms with Crippen LogP contribution in [0.5, 0.6) is 5.75 Å². The Labute approximate surface area is 141 Å². The van der Waals surface area contributed by atoms with Gasteiger partial charge in [0.05, 0.1) is 12.6 Å². The van der Waals surface area contributed by atoms with Crippen LogP contribution in [-0.4, -0.2) is 33.3 Å². The van der Waals surface area contributed by atoms with Crippen molar-refractivity contribution in [3.05, 3.63) is 48.3 Å². The number of fused-ring (bicyclic) bond motifs is 3. The minimum Gasteiger partial charge on any atom is -0.497 e. The molecular weight excluding hydrogens is 322 g/mol. The fourth-order valence-electron chi connectivity index (χ4n) is 3.28. The van der Waals surface area contributed by atoms with Crippen LogP contribution in [0.3, 0.4) is 0 Å². The van der Waals surface area contributed by atoms with E-state index < -0.39 is 9.93 Å². The van der Waals surface area contributed by atoms with E-state index in [1.807, 2.05) is 42.7 Å². The summed E-state index contributed by atoms with van der Waals surface area (Å²) in [6.45, 7) is 0. The van der Waals surface area contributed by atoms with E-state index in [1.165, 1.54) is 0 Å². The Balaban J connectivity index is 1.87. The SMILES string of the molecule is COc1cccc(Nc2ncnc3ccc4c(c23)CC[SH]4(C)=O)c1. The minimum atomic E-state index is -2.26. The maximum atomic E-state index is 12.8. The third-order valence-corrected chi connectivity index (χ3v) is 7.03. The van der Waals surface area contributed by atoms with Gasteiger partial charge in [0, 0.05) is 27.8 Å². The topological polar surface area (TPSA) is 64.1 Å². The van der Waals surface area contributed by atoms with E-state index in [4.69, 9.17) is 4.74 Å². The molecule has 1 aliphatic rings. The molecule has 6 heteroatoms. The van der Waals surface area contributed by atoms with Crippen LogP contribution in [0.25, 0.3) is 10.9 Å². The summed E-state index contributed by atoms with van der Waals surface area (Å²) in [5.41, 5.74) is 2.88. The molecule has 0 saturated carbocycles. The molecule has 0 bridgehead atoms. The lowest BCUT2D eigenvalue weighted by atomic mass is 10.1. The van der Waals surface area contributed by atoms with Gasteiger partial charge < -0.3 is 10.1 Å². The van der Waals surface area contributed by atoms with Gasteiger partial charge in [0.1, 0.15) is 17.9 Å². The smallest absolute Gasteiger partial charge is 0.142 e. The van der Waals surface area contributed by atoms with E-state index in [1.54, 1.807) is 13.4 Å².